The van der Waals surface area contributed by atoms with Gasteiger partial charge in [0.25, 0.3) is 0 Å². The molecular formula is C13H14O5. The molecule has 0 N–H and O–H groups in total. The quantitative estimate of drug-likeness (QED) is 0.341. The summed E-state index contributed by atoms with van der Waals surface area (Å²) in [6.07, 6.45) is -0.521. The summed E-state index contributed by atoms with van der Waals surface area (Å²) < 4.78 is 9.30. The summed E-state index contributed by atoms with van der Waals surface area (Å²) in [5.74, 6) is -1.98. The van der Waals surface area contributed by atoms with Gasteiger partial charge in [-0.2, -0.15) is 0 Å². The molecule has 0 fully saturated rings. The van der Waals surface area contributed by atoms with E-state index in [0.29, 0.717) is 5.75 Å². The number of ether oxygens (including phenoxy) is 2. The molecule has 0 radical (unpaired) electrons. The van der Waals surface area contributed by atoms with Crippen LogP contribution >= 0.6 is 0 Å². The first-order valence-electron chi connectivity index (χ1n) is 5.28. The second kappa shape index (κ2) is 5.95. The highest BCUT2D eigenvalue weighted by Crippen LogP contribution is 2.21. The number of carbonyl (C=O) groups excluding carboxylic acids is 3. The van der Waals surface area contributed by atoms with E-state index >= 15 is 0 Å². The van der Waals surface area contributed by atoms with Crippen LogP contribution in [0.25, 0.3) is 0 Å². The minimum Gasteiger partial charge on any atom is -0.496 e. The lowest BCUT2D eigenvalue weighted by molar-refractivity contribution is -0.151. The summed E-state index contributed by atoms with van der Waals surface area (Å²) >= 11 is 0. The molecule has 0 aromatic heterocycles. The molecule has 0 bridgehead atoms. The van der Waals surface area contributed by atoms with Gasteiger partial charge in [-0.3, -0.25) is 9.59 Å². The fraction of sp³-hybridized carbons (Fsp3) is 0.308. The minimum absolute atomic E-state index is 0.287. The van der Waals surface area contributed by atoms with Crippen LogP contribution in [-0.2, 0) is 14.3 Å². The predicted molar refractivity (Wildman–Crippen MR) is 63.7 cm³/mol. The number of aryl methyl sites for hydroxylation is 1. The van der Waals surface area contributed by atoms with E-state index in [0.717, 1.165) is 12.7 Å². The number of carbonyl (C=O) groups is 3. The molecule has 0 aliphatic carbocycles. The van der Waals surface area contributed by atoms with Gasteiger partial charge in [-0.1, -0.05) is 11.6 Å². The van der Waals surface area contributed by atoms with Crippen molar-refractivity contribution < 1.29 is 23.9 Å². The fourth-order valence-corrected chi connectivity index (χ4v) is 1.47. The summed E-state index contributed by atoms with van der Waals surface area (Å²) in [6, 6.07) is 5.05. The number of benzene rings is 1. The van der Waals surface area contributed by atoms with Crippen LogP contribution in [0, 0.1) is 6.92 Å². The average molecular weight is 250 g/mol. The molecule has 0 atom stereocenters. The van der Waals surface area contributed by atoms with E-state index in [1.165, 1.54) is 7.11 Å². The first kappa shape index (κ1) is 13.9. The maximum atomic E-state index is 11.9. The Bertz CT molecular complexity index is 490. The van der Waals surface area contributed by atoms with Crippen molar-refractivity contribution >= 4 is 17.5 Å². The van der Waals surface area contributed by atoms with Gasteiger partial charge in [-0.05, 0) is 19.1 Å². The van der Waals surface area contributed by atoms with Gasteiger partial charge in [0, 0.05) is 0 Å². The lowest BCUT2D eigenvalue weighted by atomic mass is 10.0. The van der Waals surface area contributed by atoms with Crippen LogP contribution < -0.4 is 4.74 Å². The van der Waals surface area contributed by atoms with Gasteiger partial charge in [-0.25, -0.2) is 4.79 Å². The third kappa shape index (κ3) is 3.16. The second-order valence-electron chi connectivity index (χ2n) is 3.72. The number of hydrogen-bond donors (Lipinski definition) is 0. The number of ketones is 2. The van der Waals surface area contributed by atoms with Crippen molar-refractivity contribution in [1.82, 2.24) is 0 Å². The molecule has 1 rings (SSSR count). The van der Waals surface area contributed by atoms with Crippen molar-refractivity contribution in [1.29, 1.82) is 0 Å². The van der Waals surface area contributed by atoms with Crippen molar-refractivity contribution in [2.75, 3.05) is 14.2 Å². The minimum atomic E-state index is -1.02. The zero-order valence-corrected chi connectivity index (χ0v) is 10.5. The topological polar surface area (TPSA) is 69.7 Å². The van der Waals surface area contributed by atoms with Gasteiger partial charge in [-0.15, -0.1) is 0 Å². The molecule has 1 aromatic carbocycles. The van der Waals surface area contributed by atoms with E-state index < -0.39 is 24.0 Å². The van der Waals surface area contributed by atoms with Gasteiger partial charge in [0.1, 0.15) is 5.75 Å². The number of Topliss-reactive ketones (excluding diaryl/α,β-unsaturated/α-hetero) is 2. The number of rotatable bonds is 5. The molecule has 0 heterocycles. The van der Waals surface area contributed by atoms with Crippen molar-refractivity contribution in [2.24, 2.45) is 0 Å². The Kier molecular flexibility index (Phi) is 4.59. The predicted octanol–water partition coefficient (Wildman–Crippen LogP) is 1.32. The van der Waals surface area contributed by atoms with E-state index in [9.17, 15) is 14.4 Å². The Morgan fingerprint density at radius 1 is 1.17 bits per heavy atom. The van der Waals surface area contributed by atoms with Crippen molar-refractivity contribution in [3.05, 3.63) is 29.3 Å². The summed E-state index contributed by atoms with van der Waals surface area (Å²) in [4.78, 5) is 34.1. The fourth-order valence-electron chi connectivity index (χ4n) is 1.47. The van der Waals surface area contributed by atoms with Crippen LogP contribution in [0.4, 0.5) is 0 Å². The molecular weight excluding hydrogens is 236 g/mol. The molecule has 96 valence electrons. The highest BCUT2D eigenvalue weighted by atomic mass is 16.5. The molecule has 0 amide bonds. The molecule has 5 heteroatoms. The first-order valence-corrected chi connectivity index (χ1v) is 5.28. The number of hydrogen-bond acceptors (Lipinski definition) is 5. The summed E-state index contributed by atoms with van der Waals surface area (Å²) in [7, 11) is 2.53. The number of esters is 1. The highest BCUT2D eigenvalue weighted by Gasteiger charge is 2.21. The third-order valence-corrected chi connectivity index (χ3v) is 2.39. The van der Waals surface area contributed by atoms with Gasteiger partial charge >= 0.3 is 5.97 Å². The molecule has 0 saturated carbocycles. The van der Waals surface area contributed by atoms with E-state index in [-0.39, 0.29) is 5.56 Å². The van der Waals surface area contributed by atoms with Gasteiger partial charge in [0.2, 0.25) is 5.78 Å². The van der Waals surface area contributed by atoms with Gasteiger partial charge in [0.15, 0.2) is 5.78 Å². The lowest BCUT2D eigenvalue weighted by Crippen LogP contribution is -2.19. The average Bonchev–Trinajstić information content (AvgIpc) is 2.37. The van der Waals surface area contributed by atoms with Crippen LogP contribution in [0.3, 0.4) is 0 Å². The molecule has 0 spiro atoms. The Morgan fingerprint density at radius 3 is 2.39 bits per heavy atom. The third-order valence-electron chi connectivity index (χ3n) is 2.39. The monoisotopic (exact) mass is 250 g/mol. The molecule has 1 aromatic rings. The van der Waals surface area contributed by atoms with Crippen molar-refractivity contribution in [3.8, 4) is 5.75 Å². The Balaban J connectivity index is 2.93. The zero-order chi connectivity index (χ0) is 13.7. The van der Waals surface area contributed by atoms with Crippen LogP contribution in [0.2, 0.25) is 0 Å². The molecule has 18 heavy (non-hydrogen) atoms. The molecule has 0 aliphatic rings. The SMILES string of the molecule is COC(=O)C(=O)CC(=O)c1cc(C)ccc1OC. The van der Waals surface area contributed by atoms with E-state index in [1.807, 2.05) is 6.92 Å². The Labute approximate surface area is 105 Å². The van der Waals surface area contributed by atoms with Crippen LogP contribution in [0.5, 0.6) is 5.75 Å². The standard InChI is InChI=1S/C13H14O5/c1-8-4-5-12(17-2)9(6-8)10(14)7-11(15)13(16)18-3/h4-6H,7H2,1-3H3. The Hall–Kier alpha value is -2.17. The lowest BCUT2D eigenvalue weighted by Gasteiger charge is -2.07. The van der Waals surface area contributed by atoms with Crippen LogP contribution in [-0.4, -0.2) is 31.8 Å². The maximum Gasteiger partial charge on any atom is 0.374 e. The van der Waals surface area contributed by atoms with Crippen LogP contribution in [0.15, 0.2) is 18.2 Å². The molecule has 0 unspecified atom stereocenters. The van der Waals surface area contributed by atoms with E-state index in [2.05, 4.69) is 4.74 Å². The molecule has 0 saturated heterocycles. The largest absolute Gasteiger partial charge is 0.496 e. The Morgan fingerprint density at radius 2 is 1.83 bits per heavy atom. The van der Waals surface area contributed by atoms with E-state index in [1.54, 1.807) is 18.2 Å². The van der Waals surface area contributed by atoms with Gasteiger partial charge in [0.05, 0.1) is 26.2 Å². The normalized spacial score (nSPS) is 9.72. The van der Waals surface area contributed by atoms with E-state index in [4.69, 9.17) is 4.74 Å². The number of methoxy groups -OCH3 is 2. The highest BCUT2D eigenvalue weighted by molar-refractivity contribution is 6.38. The van der Waals surface area contributed by atoms with Crippen LogP contribution in [0.1, 0.15) is 22.3 Å². The van der Waals surface area contributed by atoms with Gasteiger partial charge < -0.3 is 9.47 Å². The molecule has 0 aliphatic heterocycles. The maximum absolute atomic E-state index is 11.9. The summed E-state index contributed by atoms with van der Waals surface area (Å²) in [5.41, 5.74) is 1.15. The second-order valence-corrected chi connectivity index (χ2v) is 3.72. The summed E-state index contributed by atoms with van der Waals surface area (Å²) in [5, 5.41) is 0. The smallest absolute Gasteiger partial charge is 0.374 e. The van der Waals surface area contributed by atoms with Crippen molar-refractivity contribution in [2.45, 2.75) is 13.3 Å². The first-order chi connectivity index (χ1) is 8.49. The zero-order valence-electron chi connectivity index (χ0n) is 10.5. The summed E-state index contributed by atoms with van der Waals surface area (Å²) in [6.45, 7) is 1.82. The van der Waals surface area contributed by atoms with Crippen molar-refractivity contribution in [3.63, 3.8) is 0 Å². The molecule has 5 nitrogen and oxygen atoms in total.